The van der Waals surface area contributed by atoms with Crippen molar-refractivity contribution < 1.29 is 9.84 Å². The fraction of sp³-hybridized carbons (Fsp3) is 0.667. The molecule has 94 valence electrons. The summed E-state index contributed by atoms with van der Waals surface area (Å²) in [4.78, 5) is 8.42. The van der Waals surface area contributed by atoms with Crippen LogP contribution in [0.15, 0.2) is 6.07 Å². The maximum absolute atomic E-state index is 9.76. The second-order valence-corrected chi connectivity index (χ2v) is 4.36. The van der Waals surface area contributed by atoms with E-state index < -0.39 is 0 Å². The van der Waals surface area contributed by atoms with Crippen molar-refractivity contribution in [2.75, 3.05) is 18.5 Å². The number of anilines is 1. The molecule has 1 aromatic heterocycles. The van der Waals surface area contributed by atoms with E-state index in [9.17, 15) is 5.11 Å². The quantitative estimate of drug-likeness (QED) is 0.782. The number of hydrogen-bond donors (Lipinski definition) is 2. The molecule has 1 aliphatic carbocycles. The third-order valence-electron chi connectivity index (χ3n) is 2.77. The van der Waals surface area contributed by atoms with Crippen molar-refractivity contribution in [2.45, 2.75) is 32.8 Å². The molecule has 0 amide bonds. The molecule has 1 fully saturated rings. The summed E-state index contributed by atoms with van der Waals surface area (Å²) in [6.45, 7) is 4.86. The summed E-state index contributed by atoms with van der Waals surface area (Å²) >= 11 is 0. The smallest absolute Gasteiger partial charge is 0.218 e. The van der Waals surface area contributed by atoms with E-state index in [0.717, 1.165) is 12.8 Å². The first-order valence-corrected chi connectivity index (χ1v) is 6.09. The zero-order chi connectivity index (χ0) is 12.3. The molecule has 1 saturated carbocycles. The lowest BCUT2D eigenvalue weighted by atomic mass is 10.2. The van der Waals surface area contributed by atoms with Crippen LogP contribution in [0.1, 0.15) is 25.6 Å². The highest BCUT2D eigenvalue weighted by Gasteiger charge is 2.29. The van der Waals surface area contributed by atoms with E-state index in [1.165, 1.54) is 0 Å². The molecule has 1 heterocycles. The molecule has 2 N–H and O–H groups in total. The van der Waals surface area contributed by atoms with Gasteiger partial charge in [0.25, 0.3) is 0 Å². The third kappa shape index (κ3) is 3.56. The lowest BCUT2D eigenvalue weighted by Crippen LogP contribution is -2.22. The van der Waals surface area contributed by atoms with Crippen LogP contribution < -0.4 is 10.1 Å². The number of aromatic nitrogens is 2. The van der Waals surface area contributed by atoms with E-state index in [1.54, 1.807) is 6.07 Å². The molecule has 5 heteroatoms. The van der Waals surface area contributed by atoms with Crippen LogP contribution in [0.4, 0.5) is 5.82 Å². The molecule has 17 heavy (non-hydrogen) atoms. The first kappa shape index (κ1) is 12.1. The Morgan fingerprint density at radius 2 is 2.29 bits per heavy atom. The number of aliphatic hydroxyl groups is 1. The molecule has 1 unspecified atom stereocenters. The van der Waals surface area contributed by atoms with Crippen LogP contribution >= 0.6 is 0 Å². The molecule has 0 aliphatic heterocycles. The number of aliphatic hydroxyl groups excluding tert-OH is 1. The Balaban J connectivity index is 1.94. The molecule has 2 rings (SSSR count). The van der Waals surface area contributed by atoms with Crippen molar-refractivity contribution in [1.29, 1.82) is 0 Å². The lowest BCUT2D eigenvalue weighted by molar-refractivity contribution is 0.164. The number of hydrogen-bond acceptors (Lipinski definition) is 5. The van der Waals surface area contributed by atoms with Gasteiger partial charge in [-0.15, -0.1) is 0 Å². The fourth-order valence-corrected chi connectivity index (χ4v) is 1.71. The Labute approximate surface area is 101 Å². The summed E-state index contributed by atoms with van der Waals surface area (Å²) in [7, 11) is 0. The van der Waals surface area contributed by atoms with E-state index >= 15 is 0 Å². The Morgan fingerprint density at radius 3 is 2.94 bits per heavy atom. The Kier molecular flexibility index (Phi) is 3.78. The summed E-state index contributed by atoms with van der Waals surface area (Å²) < 4.78 is 5.34. The van der Waals surface area contributed by atoms with Crippen LogP contribution in [0.25, 0.3) is 0 Å². The summed E-state index contributed by atoms with van der Waals surface area (Å²) in [6, 6.07) is 1.76. The number of nitrogens with one attached hydrogen (secondary N) is 1. The Morgan fingerprint density at radius 1 is 1.53 bits per heavy atom. The van der Waals surface area contributed by atoms with Gasteiger partial charge in [0.05, 0.1) is 12.7 Å². The van der Waals surface area contributed by atoms with Crippen LogP contribution in [0.2, 0.25) is 0 Å². The third-order valence-corrected chi connectivity index (χ3v) is 2.77. The highest BCUT2D eigenvalue weighted by molar-refractivity contribution is 5.38. The van der Waals surface area contributed by atoms with Crippen LogP contribution in [-0.4, -0.2) is 34.3 Å². The molecule has 0 saturated heterocycles. The van der Waals surface area contributed by atoms with Gasteiger partial charge in [-0.1, -0.05) is 0 Å². The van der Waals surface area contributed by atoms with Gasteiger partial charge >= 0.3 is 0 Å². The maximum atomic E-state index is 9.76. The Hall–Kier alpha value is -1.36. The topological polar surface area (TPSA) is 67.3 Å². The van der Waals surface area contributed by atoms with Gasteiger partial charge in [0, 0.05) is 12.6 Å². The van der Waals surface area contributed by atoms with Gasteiger partial charge in [-0.25, -0.2) is 4.98 Å². The Bertz CT molecular complexity index is 380. The second kappa shape index (κ2) is 5.31. The predicted octanol–water partition coefficient (Wildman–Crippen LogP) is 1.37. The second-order valence-electron chi connectivity index (χ2n) is 4.36. The molecule has 1 atom stereocenters. The highest BCUT2D eigenvalue weighted by atomic mass is 16.5. The van der Waals surface area contributed by atoms with Gasteiger partial charge in [-0.3, -0.25) is 0 Å². The van der Waals surface area contributed by atoms with Gasteiger partial charge in [-0.2, -0.15) is 4.98 Å². The standard InChI is InChI=1S/C12H19N3O2/c1-3-17-12-6-11(14-8(2)15-12)13-7-10(16)9-4-5-9/h6,9-10,16H,3-5,7H2,1-2H3,(H,13,14,15). The molecule has 1 aromatic rings. The van der Waals surface area contributed by atoms with Crippen molar-refractivity contribution in [2.24, 2.45) is 5.92 Å². The van der Waals surface area contributed by atoms with E-state index in [1.807, 2.05) is 13.8 Å². The van der Waals surface area contributed by atoms with Crippen LogP contribution in [0.3, 0.4) is 0 Å². The maximum Gasteiger partial charge on any atom is 0.218 e. The van der Waals surface area contributed by atoms with Gasteiger partial charge in [0.1, 0.15) is 11.6 Å². The summed E-state index contributed by atoms with van der Waals surface area (Å²) in [5.41, 5.74) is 0. The van der Waals surface area contributed by atoms with E-state index in [2.05, 4.69) is 15.3 Å². The number of ether oxygens (including phenoxy) is 1. The monoisotopic (exact) mass is 237 g/mol. The predicted molar refractivity (Wildman–Crippen MR) is 65.2 cm³/mol. The normalized spacial score (nSPS) is 16.6. The highest BCUT2D eigenvalue weighted by Crippen LogP contribution is 2.32. The van der Waals surface area contributed by atoms with Gasteiger partial charge in [0.15, 0.2) is 0 Å². The van der Waals surface area contributed by atoms with Gasteiger partial charge in [0.2, 0.25) is 5.88 Å². The van der Waals surface area contributed by atoms with Gasteiger partial charge in [-0.05, 0) is 32.6 Å². The molecule has 0 radical (unpaired) electrons. The molecule has 5 nitrogen and oxygen atoms in total. The van der Waals surface area contributed by atoms with Gasteiger partial charge < -0.3 is 15.2 Å². The van der Waals surface area contributed by atoms with Crippen molar-refractivity contribution in [3.05, 3.63) is 11.9 Å². The van der Waals surface area contributed by atoms with Crippen molar-refractivity contribution in [3.63, 3.8) is 0 Å². The fourth-order valence-electron chi connectivity index (χ4n) is 1.71. The van der Waals surface area contributed by atoms with Crippen LogP contribution in [-0.2, 0) is 0 Å². The summed E-state index contributed by atoms with van der Waals surface area (Å²) in [5, 5.41) is 12.9. The molecule has 0 spiro atoms. The zero-order valence-electron chi connectivity index (χ0n) is 10.3. The molecule has 0 aromatic carbocycles. The lowest BCUT2D eigenvalue weighted by Gasteiger charge is -2.12. The average molecular weight is 237 g/mol. The van der Waals surface area contributed by atoms with Crippen molar-refractivity contribution >= 4 is 5.82 Å². The van der Waals surface area contributed by atoms with E-state index in [0.29, 0.717) is 36.6 Å². The van der Waals surface area contributed by atoms with E-state index in [4.69, 9.17) is 4.74 Å². The SMILES string of the molecule is CCOc1cc(NCC(O)C2CC2)nc(C)n1. The number of aryl methyl sites for hydroxylation is 1. The minimum Gasteiger partial charge on any atom is -0.478 e. The summed E-state index contributed by atoms with van der Waals surface area (Å²) in [6.07, 6.45) is 1.99. The molecular formula is C12H19N3O2. The molecule has 0 bridgehead atoms. The van der Waals surface area contributed by atoms with Crippen molar-refractivity contribution in [3.8, 4) is 5.88 Å². The van der Waals surface area contributed by atoms with Crippen molar-refractivity contribution in [1.82, 2.24) is 9.97 Å². The minimum atomic E-state index is -0.277. The number of rotatable bonds is 6. The molecular weight excluding hydrogens is 218 g/mol. The first-order valence-electron chi connectivity index (χ1n) is 6.09. The number of nitrogens with zero attached hydrogens (tertiary/aromatic N) is 2. The zero-order valence-corrected chi connectivity index (χ0v) is 10.3. The molecule has 1 aliphatic rings. The van der Waals surface area contributed by atoms with Crippen LogP contribution in [0, 0.1) is 12.8 Å². The largest absolute Gasteiger partial charge is 0.478 e. The van der Waals surface area contributed by atoms with E-state index in [-0.39, 0.29) is 6.10 Å². The minimum absolute atomic E-state index is 0.277. The van der Waals surface area contributed by atoms with Crippen LogP contribution in [0.5, 0.6) is 5.88 Å². The average Bonchev–Trinajstić information content (AvgIpc) is 3.09. The summed E-state index contributed by atoms with van der Waals surface area (Å²) in [5.74, 6) is 2.42. The first-order chi connectivity index (χ1) is 8.19.